The van der Waals surface area contributed by atoms with E-state index in [4.69, 9.17) is 4.74 Å². The third-order valence-corrected chi connectivity index (χ3v) is 3.29. The third kappa shape index (κ3) is 4.92. The zero-order valence-corrected chi connectivity index (χ0v) is 13.2. The molecule has 1 atom stereocenters. The molecule has 0 saturated carbocycles. The Morgan fingerprint density at radius 3 is 2.55 bits per heavy atom. The number of halogens is 2. The van der Waals surface area contributed by atoms with Crippen LogP contribution in [0.1, 0.15) is 20.8 Å². The third-order valence-electron chi connectivity index (χ3n) is 2.67. The summed E-state index contributed by atoms with van der Waals surface area (Å²) in [4.78, 5) is 23.1. The lowest BCUT2D eigenvalue weighted by Crippen LogP contribution is -2.45. The molecule has 0 fully saturated rings. The first-order chi connectivity index (χ1) is 9.31. The lowest BCUT2D eigenvalue weighted by Gasteiger charge is -2.19. The Morgan fingerprint density at radius 1 is 1.40 bits per heavy atom. The molecule has 0 aliphatic carbocycles. The second-order valence-electron chi connectivity index (χ2n) is 4.76. The molecular formula is C14H17BrFNO3. The minimum Gasteiger partial charge on any atom is -0.483 e. The molecule has 0 aliphatic rings. The van der Waals surface area contributed by atoms with Crippen LogP contribution in [-0.4, -0.2) is 24.3 Å². The first-order valence-corrected chi connectivity index (χ1v) is 6.98. The Morgan fingerprint density at radius 2 is 2.05 bits per heavy atom. The summed E-state index contributed by atoms with van der Waals surface area (Å²) in [6.07, 6.45) is 0. The Labute approximate surface area is 125 Å². The molecule has 1 aromatic carbocycles. The second-order valence-corrected chi connectivity index (χ2v) is 5.62. The van der Waals surface area contributed by atoms with E-state index in [2.05, 4.69) is 21.2 Å². The van der Waals surface area contributed by atoms with Crippen molar-refractivity contribution in [2.45, 2.75) is 26.8 Å². The molecular weight excluding hydrogens is 329 g/mol. The SMILES string of the molecule is CC(=O)C(NC(=O)COc1ccc(F)cc1Br)C(C)C. The number of ketones is 1. The Bertz CT molecular complexity index is 505. The molecule has 0 radical (unpaired) electrons. The van der Waals surface area contributed by atoms with Crippen molar-refractivity contribution in [3.63, 3.8) is 0 Å². The van der Waals surface area contributed by atoms with Gasteiger partial charge in [-0.15, -0.1) is 0 Å². The predicted octanol–water partition coefficient (Wildman–Crippen LogP) is 2.70. The van der Waals surface area contributed by atoms with Crippen molar-refractivity contribution in [3.05, 3.63) is 28.5 Å². The zero-order valence-electron chi connectivity index (χ0n) is 11.6. The van der Waals surface area contributed by atoms with Gasteiger partial charge in [-0.1, -0.05) is 13.8 Å². The number of Topliss-reactive ketones (excluding diaryl/α,β-unsaturated/α-hetero) is 1. The van der Waals surface area contributed by atoms with Gasteiger partial charge in [0.1, 0.15) is 11.6 Å². The molecule has 0 aromatic heterocycles. The van der Waals surface area contributed by atoms with Gasteiger partial charge in [0.25, 0.3) is 5.91 Å². The van der Waals surface area contributed by atoms with Crippen molar-refractivity contribution in [2.75, 3.05) is 6.61 Å². The van der Waals surface area contributed by atoms with Crippen LogP contribution in [0.25, 0.3) is 0 Å². The van der Waals surface area contributed by atoms with E-state index in [-0.39, 0.29) is 18.3 Å². The van der Waals surface area contributed by atoms with Gasteiger partial charge in [0.05, 0.1) is 10.5 Å². The molecule has 0 heterocycles. The maximum Gasteiger partial charge on any atom is 0.258 e. The quantitative estimate of drug-likeness (QED) is 0.862. The molecule has 1 amide bonds. The monoisotopic (exact) mass is 345 g/mol. The molecule has 0 bridgehead atoms. The van der Waals surface area contributed by atoms with Crippen LogP contribution in [0.2, 0.25) is 0 Å². The van der Waals surface area contributed by atoms with E-state index in [0.29, 0.717) is 10.2 Å². The minimum atomic E-state index is -0.525. The Hall–Kier alpha value is -1.43. The number of nitrogens with one attached hydrogen (secondary N) is 1. The summed E-state index contributed by atoms with van der Waals surface area (Å²) in [5.74, 6) is -0.518. The van der Waals surface area contributed by atoms with Crippen molar-refractivity contribution in [2.24, 2.45) is 5.92 Å². The molecule has 1 N–H and O–H groups in total. The second kappa shape index (κ2) is 7.38. The van der Waals surface area contributed by atoms with Crippen LogP contribution >= 0.6 is 15.9 Å². The molecule has 0 aliphatic heterocycles. The molecule has 0 spiro atoms. The fourth-order valence-electron chi connectivity index (χ4n) is 1.69. The smallest absolute Gasteiger partial charge is 0.258 e. The van der Waals surface area contributed by atoms with E-state index >= 15 is 0 Å². The average Bonchev–Trinajstić information content (AvgIpc) is 2.34. The normalized spacial score (nSPS) is 12.1. The highest BCUT2D eigenvalue weighted by Crippen LogP contribution is 2.25. The van der Waals surface area contributed by atoms with Crippen LogP contribution in [0, 0.1) is 11.7 Å². The number of benzene rings is 1. The van der Waals surface area contributed by atoms with Crippen LogP contribution in [0.3, 0.4) is 0 Å². The van der Waals surface area contributed by atoms with E-state index in [1.165, 1.54) is 25.1 Å². The van der Waals surface area contributed by atoms with E-state index in [0.717, 1.165) is 0 Å². The van der Waals surface area contributed by atoms with Gasteiger partial charge < -0.3 is 10.1 Å². The summed E-state index contributed by atoms with van der Waals surface area (Å²) in [6, 6.07) is 3.39. The topological polar surface area (TPSA) is 55.4 Å². The number of hydrogen-bond donors (Lipinski definition) is 1. The highest BCUT2D eigenvalue weighted by atomic mass is 79.9. The molecule has 1 rings (SSSR count). The van der Waals surface area contributed by atoms with Gasteiger partial charge in [0.2, 0.25) is 0 Å². The summed E-state index contributed by atoms with van der Waals surface area (Å²) in [7, 11) is 0. The number of amides is 1. The summed E-state index contributed by atoms with van der Waals surface area (Å²) < 4.78 is 18.6. The number of ether oxygens (including phenoxy) is 1. The highest BCUT2D eigenvalue weighted by molar-refractivity contribution is 9.10. The maximum absolute atomic E-state index is 12.9. The van der Waals surface area contributed by atoms with Crippen LogP contribution in [0.4, 0.5) is 4.39 Å². The van der Waals surface area contributed by atoms with E-state index in [1.807, 2.05) is 13.8 Å². The Kier molecular flexibility index (Phi) is 6.13. The summed E-state index contributed by atoms with van der Waals surface area (Å²) in [5, 5.41) is 2.61. The van der Waals surface area contributed by atoms with Crippen LogP contribution in [0.5, 0.6) is 5.75 Å². The zero-order chi connectivity index (χ0) is 15.3. The molecule has 1 aromatic rings. The van der Waals surface area contributed by atoms with Crippen molar-refractivity contribution < 1.29 is 18.7 Å². The number of rotatable bonds is 6. The van der Waals surface area contributed by atoms with Gasteiger partial charge in [-0.2, -0.15) is 0 Å². The van der Waals surface area contributed by atoms with E-state index in [9.17, 15) is 14.0 Å². The first-order valence-electron chi connectivity index (χ1n) is 6.19. The standard InChI is InChI=1S/C14H17BrFNO3/c1-8(2)14(9(3)18)17-13(19)7-20-12-5-4-10(16)6-11(12)15/h4-6,8,14H,7H2,1-3H3,(H,17,19). The molecule has 6 heteroatoms. The first kappa shape index (κ1) is 16.6. The van der Waals surface area contributed by atoms with Crippen molar-refractivity contribution in [3.8, 4) is 5.75 Å². The van der Waals surface area contributed by atoms with Gasteiger partial charge in [-0.25, -0.2) is 4.39 Å². The van der Waals surface area contributed by atoms with E-state index < -0.39 is 17.8 Å². The molecule has 1 unspecified atom stereocenters. The molecule has 0 saturated heterocycles. The van der Waals surface area contributed by atoms with Gasteiger partial charge in [-0.3, -0.25) is 9.59 Å². The minimum absolute atomic E-state index is 0.00834. The summed E-state index contributed by atoms with van der Waals surface area (Å²) in [5.41, 5.74) is 0. The lowest BCUT2D eigenvalue weighted by atomic mass is 10.0. The number of hydrogen-bond acceptors (Lipinski definition) is 3. The highest BCUT2D eigenvalue weighted by Gasteiger charge is 2.20. The van der Waals surface area contributed by atoms with Crippen LogP contribution < -0.4 is 10.1 Å². The largest absolute Gasteiger partial charge is 0.483 e. The van der Waals surface area contributed by atoms with Gasteiger partial charge >= 0.3 is 0 Å². The Balaban J connectivity index is 2.57. The van der Waals surface area contributed by atoms with Gasteiger partial charge in [0, 0.05) is 0 Å². The summed E-state index contributed by atoms with van der Waals surface area (Å²) >= 11 is 3.14. The maximum atomic E-state index is 12.9. The average molecular weight is 346 g/mol. The van der Waals surface area contributed by atoms with Crippen molar-refractivity contribution >= 4 is 27.6 Å². The molecule has 110 valence electrons. The molecule has 20 heavy (non-hydrogen) atoms. The molecule has 4 nitrogen and oxygen atoms in total. The number of carbonyl (C=O) groups is 2. The van der Waals surface area contributed by atoms with Gasteiger partial charge in [0.15, 0.2) is 12.4 Å². The summed E-state index contributed by atoms with van der Waals surface area (Å²) in [6.45, 7) is 4.90. The van der Waals surface area contributed by atoms with Crippen molar-refractivity contribution in [1.29, 1.82) is 0 Å². The number of carbonyl (C=O) groups excluding carboxylic acids is 2. The van der Waals surface area contributed by atoms with E-state index in [1.54, 1.807) is 0 Å². The van der Waals surface area contributed by atoms with Crippen molar-refractivity contribution in [1.82, 2.24) is 5.32 Å². The fraction of sp³-hybridized carbons (Fsp3) is 0.429. The predicted molar refractivity (Wildman–Crippen MR) is 77.0 cm³/mol. The van der Waals surface area contributed by atoms with Gasteiger partial charge in [-0.05, 0) is 47.0 Å². The van der Waals surface area contributed by atoms with Crippen LogP contribution in [-0.2, 0) is 9.59 Å². The lowest BCUT2D eigenvalue weighted by molar-refractivity contribution is -0.129. The van der Waals surface area contributed by atoms with Crippen LogP contribution in [0.15, 0.2) is 22.7 Å². The fourth-order valence-corrected chi connectivity index (χ4v) is 2.15.